The van der Waals surface area contributed by atoms with E-state index in [1.807, 2.05) is 0 Å². The third-order valence-electron chi connectivity index (χ3n) is 4.18. The number of carbonyl (C=O) groups is 2. The number of carbonyl (C=O) groups excluding carboxylic acids is 2. The summed E-state index contributed by atoms with van der Waals surface area (Å²) in [7, 11) is -0.703. The van der Waals surface area contributed by atoms with Crippen LogP contribution >= 0.6 is 0 Å². The van der Waals surface area contributed by atoms with E-state index in [0.717, 1.165) is 10.6 Å². The van der Waals surface area contributed by atoms with Gasteiger partial charge < -0.3 is 15.0 Å². The molecule has 0 aliphatic carbocycles. The molecule has 0 aliphatic heterocycles. The second kappa shape index (κ2) is 11.1. The molecule has 1 N–H and O–H groups in total. The molecule has 0 saturated heterocycles. The Balaban J connectivity index is 2.93. The van der Waals surface area contributed by atoms with Crippen LogP contribution in [-0.2, 0) is 30.9 Å². The Bertz CT molecular complexity index is 755. The molecule has 1 rings (SSSR count). The Kier molecular flexibility index (Phi) is 9.50. The van der Waals surface area contributed by atoms with Crippen molar-refractivity contribution in [3.05, 3.63) is 35.6 Å². The van der Waals surface area contributed by atoms with E-state index >= 15 is 0 Å². The molecule has 158 valence electrons. The van der Waals surface area contributed by atoms with Gasteiger partial charge in [0.05, 0.1) is 12.8 Å². The van der Waals surface area contributed by atoms with Crippen molar-refractivity contribution in [2.75, 3.05) is 40.1 Å². The number of rotatable bonds is 11. The Labute approximate surface area is 165 Å². The van der Waals surface area contributed by atoms with Gasteiger partial charge in [-0.15, -0.1) is 0 Å². The first-order valence-corrected chi connectivity index (χ1v) is 10.6. The Hall–Kier alpha value is -2.04. The Morgan fingerprint density at radius 3 is 2.39 bits per heavy atom. The second-order valence-corrected chi connectivity index (χ2v) is 8.57. The molecule has 0 bridgehead atoms. The molecule has 0 fully saturated rings. The molecule has 2 amide bonds. The van der Waals surface area contributed by atoms with E-state index in [4.69, 9.17) is 4.74 Å². The van der Waals surface area contributed by atoms with Gasteiger partial charge in [-0.1, -0.05) is 12.1 Å². The summed E-state index contributed by atoms with van der Waals surface area (Å²) >= 11 is 0. The number of sulfonamides is 1. The standard InChI is InChI=1S/C18H28FN3O5S/c1-14(18(24)20-10-5-11-27-3)22(12-15-6-8-16(19)9-7-15)17(23)13-21(2)28(4,25)26/h6-9,14H,5,10-13H2,1-4H3,(H,20,24). The lowest BCUT2D eigenvalue weighted by molar-refractivity contribution is -0.140. The maximum absolute atomic E-state index is 13.1. The van der Waals surface area contributed by atoms with E-state index in [2.05, 4.69) is 5.32 Å². The molecule has 1 atom stereocenters. The predicted octanol–water partition coefficient (Wildman–Crippen LogP) is 0.587. The fraction of sp³-hybridized carbons (Fsp3) is 0.556. The molecule has 0 aromatic heterocycles. The van der Waals surface area contributed by atoms with Crippen molar-refractivity contribution in [3.8, 4) is 0 Å². The Morgan fingerprint density at radius 1 is 1.25 bits per heavy atom. The molecule has 0 heterocycles. The lowest BCUT2D eigenvalue weighted by Gasteiger charge is -2.30. The van der Waals surface area contributed by atoms with Crippen LogP contribution in [0.3, 0.4) is 0 Å². The number of hydrogen-bond acceptors (Lipinski definition) is 5. The minimum Gasteiger partial charge on any atom is -0.385 e. The number of halogens is 1. The lowest BCUT2D eigenvalue weighted by atomic mass is 10.1. The monoisotopic (exact) mass is 417 g/mol. The zero-order chi connectivity index (χ0) is 21.3. The average molecular weight is 418 g/mol. The van der Waals surface area contributed by atoms with E-state index in [1.165, 1.54) is 36.2 Å². The van der Waals surface area contributed by atoms with Crippen LogP contribution in [0.1, 0.15) is 18.9 Å². The summed E-state index contributed by atoms with van der Waals surface area (Å²) < 4.78 is 42.2. The van der Waals surface area contributed by atoms with Gasteiger partial charge in [0.2, 0.25) is 21.8 Å². The van der Waals surface area contributed by atoms with Gasteiger partial charge in [-0.05, 0) is 31.0 Å². The first-order chi connectivity index (χ1) is 13.1. The highest BCUT2D eigenvalue weighted by atomic mass is 32.2. The highest BCUT2D eigenvalue weighted by Crippen LogP contribution is 2.12. The molecule has 1 aromatic rings. The van der Waals surface area contributed by atoms with Crippen LogP contribution in [0.2, 0.25) is 0 Å². The molecule has 1 unspecified atom stereocenters. The molecular formula is C18H28FN3O5S. The Morgan fingerprint density at radius 2 is 1.86 bits per heavy atom. The van der Waals surface area contributed by atoms with Crippen molar-refractivity contribution in [2.24, 2.45) is 0 Å². The van der Waals surface area contributed by atoms with E-state index in [0.29, 0.717) is 25.1 Å². The first kappa shape index (κ1) is 24.0. The van der Waals surface area contributed by atoms with E-state index in [1.54, 1.807) is 14.0 Å². The van der Waals surface area contributed by atoms with Crippen LogP contribution in [0, 0.1) is 5.82 Å². The zero-order valence-electron chi connectivity index (χ0n) is 16.6. The smallest absolute Gasteiger partial charge is 0.242 e. The van der Waals surface area contributed by atoms with E-state index < -0.39 is 34.3 Å². The van der Waals surface area contributed by atoms with Gasteiger partial charge in [0.1, 0.15) is 11.9 Å². The van der Waals surface area contributed by atoms with Crippen LogP contribution in [0.15, 0.2) is 24.3 Å². The summed E-state index contributed by atoms with van der Waals surface area (Å²) in [6, 6.07) is 4.71. The molecule has 10 heteroatoms. The third kappa shape index (κ3) is 7.91. The molecule has 0 saturated carbocycles. The van der Waals surface area contributed by atoms with Gasteiger partial charge in [0.15, 0.2) is 0 Å². The van der Waals surface area contributed by atoms with Crippen molar-refractivity contribution in [1.29, 1.82) is 0 Å². The number of benzene rings is 1. The number of likely N-dealkylation sites (N-methyl/N-ethyl adjacent to an activating group) is 1. The fourth-order valence-corrected chi connectivity index (χ4v) is 2.69. The number of nitrogens with zero attached hydrogens (tertiary/aromatic N) is 2. The minimum absolute atomic E-state index is 0.0450. The zero-order valence-corrected chi connectivity index (χ0v) is 17.5. The highest BCUT2D eigenvalue weighted by molar-refractivity contribution is 7.88. The molecule has 0 spiro atoms. The van der Waals surface area contributed by atoms with Gasteiger partial charge >= 0.3 is 0 Å². The largest absolute Gasteiger partial charge is 0.385 e. The summed E-state index contributed by atoms with van der Waals surface area (Å²) in [6.45, 7) is 2.09. The molecule has 1 aromatic carbocycles. The predicted molar refractivity (Wildman–Crippen MR) is 103 cm³/mol. The van der Waals surface area contributed by atoms with Crippen LogP contribution in [0.4, 0.5) is 4.39 Å². The minimum atomic E-state index is -3.55. The molecule has 0 aliphatic rings. The number of amides is 2. The van der Waals surface area contributed by atoms with Crippen LogP contribution in [0.25, 0.3) is 0 Å². The first-order valence-electron chi connectivity index (χ1n) is 8.78. The van der Waals surface area contributed by atoms with Gasteiger partial charge in [0.25, 0.3) is 0 Å². The maximum atomic E-state index is 13.1. The van der Waals surface area contributed by atoms with Gasteiger partial charge in [-0.3, -0.25) is 9.59 Å². The summed E-state index contributed by atoms with van der Waals surface area (Å²) in [4.78, 5) is 26.5. The summed E-state index contributed by atoms with van der Waals surface area (Å²) in [5, 5.41) is 2.73. The maximum Gasteiger partial charge on any atom is 0.242 e. The van der Waals surface area contributed by atoms with Crippen molar-refractivity contribution < 1.29 is 27.1 Å². The molecule has 28 heavy (non-hydrogen) atoms. The van der Waals surface area contributed by atoms with Crippen molar-refractivity contribution in [2.45, 2.75) is 25.9 Å². The average Bonchev–Trinajstić information content (AvgIpc) is 2.63. The third-order valence-corrected chi connectivity index (χ3v) is 5.44. The normalized spacial score (nSPS) is 12.6. The van der Waals surface area contributed by atoms with Gasteiger partial charge in [0, 0.05) is 33.9 Å². The highest BCUT2D eigenvalue weighted by Gasteiger charge is 2.28. The second-order valence-electron chi connectivity index (χ2n) is 6.48. The topological polar surface area (TPSA) is 96.0 Å². The SMILES string of the molecule is COCCCNC(=O)C(C)N(Cc1ccc(F)cc1)C(=O)CN(C)S(C)(=O)=O. The molecule has 0 radical (unpaired) electrons. The van der Waals surface area contributed by atoms with Gasteiger partial charge in [-0.25, -0.2) is 12.8 Å². The number of nitrogens with one attached hydrogen (secondary N) is 1. The quantitative estimate of drug-likeness (QED) is 0.532. The summed E-state index contributed by atoms with van der Waals surface area (Å²) in [5.41, 5.74) is 0.621. The lowest BCUT2D eigenvalue weighted by Crippen LogP contribution is -2.50. The van der Waals surface area contributed by atoms with Crippen LogP contribution in [-0.4, -0.2) is 75.6 Å². The fourth-order valence-electron chi connectivity index (χ4n) is 2.34. The van der Waals surface area contributed by atoms with E-state index in [9.17, 15) is 22.4 Å². The van der Waals surface area contributed by atoms with Gasteiger partial charge in [-0.2, -0.15) is 4.31 Å². The number of hydrogen-bond donors (Lipinski definition) is 1. The van der Waals surface area contributed by atoms with Crippen LogP contribution in [0.5, 0.6) is 0 Å². The summed E-state index contributed by atoms with van der Waals surface area (Å²) in [6.07, 6.45) is 1.62. The van der Waals surface area contributed by atoms with Crippen molar-refractivity contribution >= 4 is 21.8 Å². The summed E-state index contributed by atoms with van der Waals surface area (Å²) in [5.74, 6) is -1.31. The molecule has 8 nitrogen and oxygen atoms in total. The van der Waals surface area contributed by atoms with Crippen molar-refractivity contribution in [1.82, 2.24) is 14.5 Å². The number of methoxy groups -OCH3 is 1. The van der Waals surface area contributed by atoms with Crippen LogP contribution < -0.4 is 5.32 Å². The molecular weight excluding hydrogens is 389 g/mol. The number of ether oxygens (including phenoxy) is 1. The van der Waals surface area contributed by atoms with E-state index in [-0.39, 0.29) is 12.5 Å². The van der Waals surface area contributed by atoms with Crippen molar-refractivity contribution in [3.63, 3.8) is 0 Å².